The molecule has 16 heavy (non-hydrogen) atoms. The van der Waals surface area contributed by atoms with Crippen LogP contribution in [-0.2, 0) is 0 Å². The molecule has 1 aliphatic rings. The second-order valence-electron chi connectivity index (χ2n) is 5.31. The van der Waals surface area contributed by atoms with Crippen molar-refractivity contribution in [3.8, 4) is 0 Å². The molecule has 1 unspecified atom stereocenters. The molecule has 90 valence electrons. The quantitative estimate of drug-likeness (QED) is 0.624. The summed E-state index contributed by atoms with van der Waals surface area (Å²) < 4.78 is 0. The molecule has 2 nitrogen and oxygen atoms in total. The Bertz CT molecular complexity index is 339. The second-order valence-corrected chi connectivity index (χ2v) is 6.42. The van der Waals surface area contributed by atoms with E-state index < -0.39 is 0 Å². The molecule has 1 heterocycles. The highest BCUT2D eigenvalue weighted by Gasteiger charge is 2.36. The number of nitrogens with two attached hydrogens (primary N) is 1. The molecule has 2 rings (SSSR count). The van der Waals surface area contributed by atoms with Crippen molar-refractivity contribution in [1.82, 2.24) is 5.43 Å². The van der Waals surface area contributed by atoms with Crippen molar-refractivity contribution in [2.24, 2.45) is 11.3 Å². The molecule has 1 aromatic heterocycles. The van der Waals surface area contributed by atoms with E-state index in [1.165, 1.54) is 42.5 Å². The van der Waals surface area contributed by atoms with Gasteiger partial charge in [0, 0.05) is 4.88 Å². The topological polar surface area (TPSA) is 38.0 Å². The van der Waals surface area contributed by atoms with Crippen molar-refractivity contribution in [2.75, 3.05) is 0 Å². The summed E-state index contributed by atoms with van der Waals surface area (Å²) in [5, 5.41) is 2.25. The van der Waals surface area contributed by atoms with Gasteiger partial charge in [-0.15, -0.1) is 11.3 Å². The Morgan fingerprint density at radius 3 is 2.56 bits per heavy atom. The molecule has 0 spiro atoms. The van der Waals surface area contributed by atoms with E-state index in [0.717, 1.165) is 0 Å². The number of hydrazine groups is 1. The minimum atomic E-state index is 0.317. The number of aryl methyl sites for hydroxylation is 1. The van der Waals surface area contributed by atoms with Crippen molar-refractivity contribution in [3.05, 3.63) is 21.9 Å². The van der Waals surface area contributed by atoms with Gasteiger partial charge in [-0.3, -0.25) is 11.3 Å². The van der Waals surface area contributed by atoms with E-state index >= 15 is 0 Å². The van der Waals surface area contributed by atoms with Crippen LogP contribution in [0.2, 0.25) is 0 Å². The maximum Gasteiger partial charge on any atom is 0.0521 e. The molecule has 0 aromatic carbocycles. The predicted molar refractivity (Wildman–Crippen MR) is 70.3 cm³/mol. The first-order chi connectivity index (χ1) is 7.65. The minimum Gasteiger partial charge on any atom is -0.271 e. The van der Waals surface area contributed by atoms with E-state index in [1.807, 2.05) is 11.3 Å². The molecule has 3 N–H and O–H groups in total. The highest BCUT2D eigenvalue weighted by atomic mass is 32.1. The van der Waals surface area contributed by atoms with E-state index in [0.29, 0.717) is 11.5 Å². The summed E-state index contributed by atoms with van der Waals surface area (Å²) in [7, 11) is 0. The van der Waals surface area contributed by atoms with Crippen LogP contribution in [0.15, 0.2) is 11.4 Å². The zero-order valence-corrected chi connectivity index (χ0v) is 11.1. The van der Waals surface area contributed by atoms with E-state index in [2.05, 4.69) is 30.7 Å². The zero-order chi connectivity index (χ0) is 11.6. The van der Waals surface area contributed by atoms with Gasteiger partial charge in [-0.2, -0.15) is 0 Å². The number of rotatable bonds is 3. The standard InChI is InChI=1S/C13H22N2S/c1-10-8-11(9-16-10)12(15-14)13(2)6-4-3-5-7-13/h8-9,12,15H,3-7,14H2,1-2H3. The van der Waals surface area contributed by atoms with Crippen LogP contribution in [0.1, 0.15) is 55.5 Å². The SMILES string of the molecule is Cc1cc(C(NN)C2(C)CCCCC2)cs1. The second kappa shape index (κ2) is 4.86. The lowest BCUT2D eigenvalue weighted by atomic mass is 9.69. The Hall–Kier alpha value is -0.380. The minimum absolute atomic E-state index is 0.317. The molecule has 1 saturated carbocycles. The van der Waals surface area contributed by atoms with Crippen molar-refractivity contribution in [1.29, 1.82) is 0 Å². The average molecular weight is 238 g/mol. The summed E-state index contributed by atoms with van der Waals surface area (Å²) in [6.45, 7) is 4.54. The number of hydrogen-bond donors (Lipinski definition) is 2. The smallest absolute Gasteiger partial charge is 0.0521 e. The van der Waals surface area contributed by atoms with Gasteiger partial charge in [0.1, 0.15) is 0 Å². The molecular formula is C13H22N2S. The molecule has 0 amide bonds. The van der Waals surface area contributed by atoms with Crippen LogP contribution >= 0.6 is 11.3 Å². The van der Waals surface area contributed by atoms with Gasteiger partial charge in [-0.25, -0.2) is 0 Å². The Morgan fingerprint density at radius 2 is 2.06 bits per heavy atom. The van der Waals surface area contributed by atoms with Gasteiger partial charge in [-0.05, 0) is 42.2 Å². The van der Waals surface area contributed by atoms with Gasteiger partial charge in [-0.1, -0.05) is 26.2 Å². The lowest BCUT2D eigenvalue weighted by Gasteiger charge is -2.40. The van der Waals surface area contributed by atoms with E-state index in [-0.39, 0.29) is 0 Å². The molecule has 0 radical (unpaired) electrons. The summed E-state index contributed by atoms with van der Waals surface area (Å²) in [5.74, 6) is 5.78. The number of hydrogen-bond acceptors (Lipinski definition) is 3. The Kier molecular flexibility index (Phi) is 3.67. The Balaban J connectivity index is 2.20. The first-order valence-corrected chi connectivity index (χ1v) is 7.05. The van der Waals surface area contributed by atoms with Crippen LogP contribution in [0, 0.1) is 12.3 Å². The summed E-state index contributed by atoms with van der Waals surface area (Å²) in [6, 6.07) is 2.59. The van der Waals surface area contributed by atoms with Crippen molar-refractivity contribution >= 4 is 11.3 Å². The highest BCUT2D eigenvalue weighted by molar-refractivity contribution is 7.10. The summed E-state index contributed by atoms with van der Waals surface area (Å²) >= 11 is 1.82. The van der Waals surface area contributed by atoms with Crippen LogP contribution in [0.3, 0.4) is 0 Å². The van der Waals surface area contributed by atoms with E-state index in [9.17, 15) is 0 Å². The third-order valence-corrected chi connectivity index (χ3v) is 4.82. The van der Waals surface area contributed by atoms with E-state index in [1.54, 1.807) is 0 Å². The fourth-order valence-electron chi connectivity index (χ4n) is 2.96. The van der Waals surface area contributed by atoms with Crippen LogP contribution in [0.5, 0.6) is 0 Å². The van der Waals surface area contributed by atoms with Crippen molar-refractivity contribution in [3.63, 3.8) is 0 Å². The predicted octanol–water partition coefficient (Wildman–Crippen LogP) is 3.53. The molecule has 0 aliphatic heterocycles. The number of thiophene rings is 1. The van der Waals surface area contributed by atoms with E-state index in [4.69, 9.17) is 5.84 Å². The lowest BCUT2D eigenvalue weighted by molar-refractivity contribution is 0.145. The summed E-state index contributed by atoms with van der Waals surface area (Å²) in [4.78, 5) is 1.37. The highest BCUT2D eigenvalue weighted by Crippen LogP contribution is 2.45. The van der Waals surface area contributed by atoms with Gasteiger partial charge >= 0.3 is 0 Å². The van der Waals surface area contributed by atoms with Gasteiger partial charge in [0.2, 0.25) is 0 Å². The molecule has 0 saturated heterocycles. The molecule has 1 atom stereocenters. The van der Waals surface area contributed by atoms with Crippen LogP contribution in [-0.4, -0.2) is 0 Å². The van der Waals surface area contributed by atoms with Crippen LogP contribution < -0.4 is 11.3 Å². The van der Waals surface area contributed by atoms with Gasteiger partial charge in [0.15, 0.2) is 0 Å². The molecular weight excluding hydrogens is 216 g/mol. The molecule has 0 bridgehead atoms. The Labute approximate surface area is 102 Å². The van der Waals surface area contributed by atoms with Crippen LogP contribution in [0.25, 0.3) is 0 Å². The normalized spacial score (nSPS) is 21.9. The molecule has 1 aliphatic carbocycles. The van der Waals surface area contributed by atoms with Crippen molar-refractivity contribution in [2.45, 2.75) is 52.0 Å². The summed E-state index contributed by atoms with van der Waals surface area (Å²) in [5.41, 5.74) is 4.75. The maximum absolute atomic E-state index is 5.78. The first kappa shape index (κ1) is 12.1. The third-order valence-electron chi connectivity index (χ3n) is 3.94. The Morgan fingerprint density at radius 1 is 1.38 bits per heavy atom. The van der Waals surface area contributed by atoms with Crippen molar-refractivity contribution < 1.29 is 0 Å². The zero-order valence-electron chi connectivity index (χ0n) is 10.3. The summed E-state index contributed by atoms with van der Waals surface area (Å²) in [6.07, 6.45) is 6.65. The van der Waals surface area contributed by atoms with Crippen LogP contribution in [0.4, 0.5) is 0 Å². The molecule has 1 fully saturated rings. The third kappa shape index (κ3) is 2.31. The monoisotopic (exact) mass is 238 g/mol. The lowest BCUT2D eigenvalue weighted by Crippen LogP contribution is -2.40. The maximum atomic E-state index is 5.78. The molecule has 3 heteroatoms. The van der Waals surface area contributed by atoms with Gasteiger partial charge in [0.25, 0.3) is 0 Å². The fraction of sp³-hybridized carbons (Fsp3) is 0.692. The largest absolute Gasteiger partial charge is 0.271 e. The average Bonchev–Trinajstić information content (AvgIpc) is 2.66. The molecule has 1 aromatic rings. The van der Waals surface area contributed by atoms with Gasteiger partial charge < -0.3 is 0 Å². The number of nitrogens with one attached hydrogen (secondary N) is 1. The fourth-order valence-corrected chi connectivity index (χ4v) is 3.69. The van der Waals surface area contributed by atoms with Gasteiger partial charge in [0.05, 0.1) is 6.04 Å². The first-order valence-electron chi connectivity index (χ1n) is 6.17.